The molecule has 1 saturated heterocycles. The third kappa shape index (κ3) is 4.15. The van der Waals surface area contributed by atoms with E-state index in [0.717, 1.165) is 50.3 Å². The Balaban J connectivity index is 1.54. The smallest absolute Gasteiger partial charge is 0.256 e. The second kappa shape index (κ2) is 7.62. The van der Waals surface area contributed by atoms with Crippen LogP contribution in [0.1, 0.15) is 35.2 Å². The van der Waals surface area contributed by atoms with Crippen molar-refractivity contribution in [1.29, 1.82) is 5.26 Å². The number of benzene rings is 1. The van der Waals surface area contributed by atoms with Crippen molar-refractivity contribution in [3.8, 4) is 6.07 Å². The van der Waals surface area contributed by atoms with Crippen LogP contribution in [0.4, 0.5) is 0 Å². The molecule has 1 aliphatic heterocycles. The van der Waals surface area contributed by atoms with E-state index in [9.17, 15) is 4.79 Å². The molecule has 0 radical (unpaired) electrons. The van der Waals surface area contributed by atoms with Crippen LogP contribution < -0.4 is 5.56 Å². The van der Waals surface area contributed by atoms with Crippen molar-refractivity contribution in [1.82, 2.24) is 14.5 Å². The fourth-order valence-corrected chi connectivity index (χ4v) is 3.35. The second-order valence-corrected chi connectivity index (χ2v) is 6.94. The molecule has 1 fully saturated rings. The van der Waals surface area contributed by atoms with Crippen molar-refractivity contribution < 1.29 is 0 Å². The van der Waals surface area contributed by atoms with Gasteiger partial charge in [-0.1, -0.05) is 12.1 Å². The van der Waals surface area contributed by atoms with E-state index < -0.39 is 0 Å². The normalized spacial score (nSPS) is 15.9. The maximum absolute atomic E-state index is 12.3. The van der Waals surface area contributed by atoms with Gasteiger partial charge in [0.25, 0.3) is 5.56 Å². The van der Waals surface area contributed by atoms with Gasteiger partial charge in [-0.15, -0.1) is 0 Å². The number of nitriles is 1. The van der Waals surface area contributed by atoms with Crippen LogP contribution in [0.5, 0.6) is 0 Å². The molecule has 1 aromatic heterocycles. The van der Waals surface area contributed by atoms with Crippen molar-refractivity contribution >= 4 is 0 Å². The number of piperidine rings is 1. The molecule has 0 saturated carbocycles. The van der Waals surface area contributed by atoms with Gasteiger partial charge in [-0.3, -0.25) is 14.3 Å². The van der Waals surface area contributed by atoms with E-state index in [4.69, 9.17) is 5.26 Å². The Morgan fingerprint density at radius 3 is 2.52 bits per heavy atom. The Bertz CT molecular complexity index is 824. The van der Waals surface area contributed by atoms with Gasteiger partial charge in [-0.25, -0.2) is 4.98 Å². The van der Waals surface area contributed by atoms with Gasteiger partial charge in [-0.05, 0) is 63.4 Å². The van der Waals surface area contributed by atoms with Gasteiger partial charge >= 0.3 is 0 Å². The first-order chi connectivity index (χ1) is 12.1. The molecule has 0 N–H and O–H groups in total. The summed E-state index contributed by atoms with van der Waals surface area (Å²) in [6.07, 6.45) is 3.87. The highest BCUT2D eigenvalue weighted by atomic mass is 16.1. The summed E-state index contributed by atoms with van der Waals surface area (Å²) in [5.74, 6) is 0.527. The molecule has 1 aromatic carbocycles. The number of likely N-dealkylation sites (tertiary alicyclic amines) is 1. The van der Waals surface area contributed by atoms with Crippen LogP contribution >= 0.6 is 0 Å². The number of hydrogen-bond donors (Lipinski definition) is 0. The Morgan fingerprint density at radius 2 is 1.88 bits per heavy atom. The lowest BCUT2D eigenvalue weighted by molar-refractivity contribution is 0.166. The first-order valence-corrected chi connectivity index (χ1v) is 8.81. The molecule has 25 heavy (non-hydrogen) atoms. The molecule has 3 rings (SSSR count). The fraction of sp³-hybridized carbons (Fsp3) is 0.450. The zero-order valence-corrected chi connectivity index (χ0v) is 14.9. The average molecular weight is 336 g/mol. The Kier molecular flexibility index (Phi) is 5.30. The van der Waals surface area contributed by atoms with E-state index in [1.807, 2.05) is 38.1 Å². The lowest BCUT2D eigenvalue weighted by atomic mass is 9.96. The molecule has 2 aromatic rings. The van der Waals surface area contributed by atoms with E-state index in [1.165, 1.54) is 5.56 Å². The maximum atomic E-state index is 12.3. The van der Waals surface area contributed by atoms with Crippen molar-refractivity contribution in [2.75, 3.05) is 13.1 Å². The molecule has 5 nitrogen and oxygen atoms in total. The van der Waals surface area contributed by atoms with Gasteiger partial charge in [0.15, 0.2) is 0 Å². The van der Waals surface area contributed by atoms with Gasteiger partial charge < -0.3 is 0 Å². The summed E-state index contributed by atoms with van der Waals surface area (Å²) in [6, 6.07) is 9.97. The quantitative estimate of drug-likeness (QED) is 0.861. The van der Waals surface area contributed by atoms with Crippen molar-refractivity contribution in [3.63, 3.8) is 0 Å². The van der Waals surface area contributed by atoms with Gasteiger partial charge in [0.1, 0.15) is 0 Å². The lowest BCUT2D eigenvalue weighted by Gasteiger charge is -2.32. The first kappa shape index (κ1) is 17.4. The lowest BCUT2D eigenvalue weighted by Crippen LogP contribution is -2.36. The zero-order valence-electron chi connectivity index (χ0n) is 14.9. The summed E-state index contributed by atoms with van der Waals surface area (Å²) in [5, 5.41) is 8.86. The summed E-state index contributed by atoms with van der Waals surface area (Å²) in [5.41, 5.74) is 3.61. The van der Waals surface area contributed by atoms with Gasteiger partial charge in [0.05, 0.1) is 18.0 Å². The van der Waals surface area contributed by atoms with Crippen LogP contribution in [0.25, 0.3) is 0 Å². The van der Waals surface area contributed by atoms with Crippen LogP contribution in [0.15, 0.2) is 35.4 Å². The molecular formula is C20H24N4O. The molecule has 2 heterocycles. The minimum atomic E-state index is 0.0903. The van der Waals surface area contributed by atoms with Gasteiger partial charge in [0, 0.05) is 24.3 Å². The Morgan fingerprint density at radius 1 is 1.20 bits per heavy atom. The number of hydrogen-bond acceptors (Lipinski definition) is 4. The molecule has 130 valence electrons. The maximum Gasteiger partial charge on any atom is 0.256 e. The highest BCUT2D eigenvalue weighted by molar-refractivity contribution is 5.31. The van der Waals surface area contributed by atoms with E-state index in [1.54, 1.807) is 10.9 Å². The van der Waals surface area contributed by atoms with E-state index in [-0.39, 0.29) is 5.56 Å². The Hall–Kier alpha value is -2.45. The third-order valence-corrected chi connectivity index (χ3v) is 5.17. The molecule has 0 amide bonds. The van der Waals surface area contributed by atoms with Crippen molar-refractivity contribution in [3.05, 3.63) is 63.3 Å². The van der Waals surface area contributed by atoms with Crippen LogP contribution in [0.2, 0.25) is 0 Å². The second-order valence-electron chi connectivity index (χ2n) is 6.94. The monoisotopic (exact) mass is 336 g/mol. The Labute approximate surface area is 148 Å². The molecule has 5 heteroatoms. The number of aryl methyl sites for hydroxylation is 1. The molecule has 0 unspecified atom stereocenters. The molecule has 0 bridgehead atoms. The van der Waals surface area contributed by atoms with Crippen LogP contribution in [-0.4, -0.2) is 27.5 Å². The van der Waals surface area contributed by atoms with Crippen molar-refractivity contribution in [2.45, 2.75) is 39.8 Å². The van der Waals surface area contributed by atoms with Crippen molar-refractivity contribution in [2.24, 2.45) is 5.92 Å². The van der Waals surface area contributed by atoms with Gasteiger partial charge in [-0.2, -0.15) is 5.26 Å². The van der Waals surface area contributed by atoms with Crippen LogP contribution in [0.3, 0.4) is 0 Å². The largest absolute Gasteiger partial charge is 0.299 e. The summed E-state index contributed by atoms with van der Waals surface area (Å²) in [4.78, 5) is 19.1. The fourth-order valence-electron chi connectivity index (χ4n) is 3.35. The minimum Gasteiger partial charge on any atom is -0.299 e. The number of nitrogens with zero attached hydrogens (tertiary/aromatic N) is 4. The topological polar surface area (TPSA) is 61.9 Å². The third-order valence-electron chi connectivity index (χ3n) is 5.17. The summed E-state index contributed by atoms with van der Waals surface area (Å²) in [6.45, 7) is 7.49. The highest BCUT2D eigenvalue weighted by Gasteiger charge is 2.20. The van der Waals surface area contributed by atoms with Crippen LogP contribution in [-0.2, 0) is 13.1 Å². The molecule has 0 atom stereocenters. The number of rotatable bonds is 4. The van der Waals surface area contributed by atoms with Gasteiger partial charge in [0.2, 0.25) is 0 Å². The van der Waals surface area contributed by atoms with E-state index >= 15 is 0 Å². The molecule has 0 aliphatic carbocycles. The summed E-state index contributed by atoms with van der Waals surface area (Å²) < 4.78 is 1.77. The number of aromatic nitrogens is 2. The highest BCUT2D eigenvalue weighted by Crippen LogP contribution is 2.20. The minimum absolute atomic E-state index is 0.0903. The summed E-state index contributed by atoms with van der Waals surface area (Å²) >= 11 is 0. The van der Waals surface area contributed by atoms with Crippen LogP contribution in [0, 0.1) is 31.1 Å². The molecule has 0 spiro atoms. The first-order valence-electron chi connectivity index (χ1n) is 8.81. The summed E-state index contributed by atoms with van der Waals surface area (Å²) in [7, 11) is 0. The standard InChI is InChI=1S/C20H24N4O/c1-15-16(2)22-14-24(20(15)25)13-19-7-9-23(10-8-19)12-18-5-3-17(11-21)4-6-18/h3-6,14,19H,7-10,12-13H2,1-2H3. The molecular weight excluding hydrogens is 312 g/mol. The predicted molar refractivity (Wildman–Crippen MR) is 97.1 cm³/mol. The zero-order chi connectivity index (χ0) is 17.8. The van der Waals surface area contributed by atoms with E-state index in [0.29, 0.717) is 11.5 Å². The van der Waals surface area contributed by atoms with E-state index in [2.05, 4.69) is 16.0 Å². The predicted octanol–water partition coefficient (Wildman–Crippen LogP) is 2.64. The molecule has 1 aliphatic rings. The average Bonchev–Trinajstić information content (AvgIpc) is 2.64. The SMILES string of the molecule is Cc1ncn(CC2CCN(Cc3ccc(C#N)cc3)CC2)c(=O)c1C.